The quantitative estimate of drug-likeness (QED) is 0.382. The fourth-order valence-corrected chi connectivity index (χ4v) is 3.97. The number of nitrogens with zero attached hydrogens (tertiary/aromatic N) is 2. The molecular formula is C21H21N4O6-. The van der Waals surface area contributed by atoms with Crippen LogP contribution in [0.4, 0.5) is 5.69 Å². The number of aromatic nitrogens is 1. The van der Waals surface area contributed by atoms with E-state index < -0.39 is 23.6 Å². The number of aromatic hydroxyl groups is 1. The zero-order valence-corrected chi connectivity index (χ0v) is 16.6. The molecule has 2 heterocycles. The fourth-order valence-electron chi connectivity index (χ4n) is 3.97. The topological polar surface area (TPSA) is 152 Å². The van der Waals surface area contributed by atoms with Crippen LogP contribution in [0.2, 0.25) is 0 Å². The number of aromatic amines is 1. The number of carbonyl (C=O) groups is 2. The van der Waals surface area contributed by atoms with E-state index in [1.807, 2.05) is 0 Å². The third kappa shape index (κ3) is 3.56. The summed E-state index contributed by atoms with van der Waals surface area (Å²) in [4.78, 5) is 29.8. The normalized spacial score (nSPS) is 21.4. The van der Waals surface area contributed by atoms with Gasteiger partial charge in [-0.05, 0) is 35.4 Å². The number of phenols is 1. The van der Waals surface area contributed by atoms with E-state index in [2.05, 4.69) is 10.3 Å². The number of piperazine rings is 1. The molecule has 1 saturated heterocycles. The van der Waals surface area contributed by atoms with E-state index in [1.165, 1.54) is 25.2 Å². The lowest BCUT2D eigenvalue weighted by Crippen LogP contribution is -2.70. The van der Waals surface area contributed by atoms with E-state index >= 15 is 0 Å². The summed E-state index contributed by atoms with van der Waals surface area (Å²) in [5, 5.41) is 44.3. The van der Waals surface area contributed by atoms with E-state index in [-0.39, 0.29) is 29.5 Å². The zero-order valence-electron chi connectivity index (χ0n) is 16.6. The molecule has 0 spiro atoms. The maximum Gasteiger partial charge on any atom is 0.274 e. The molecule has 162 valence electrons. The highest BCUT2D eigenvalue weighted by Crippen LogP contribution is 2.31. The number of hydrogen-bond donors (Lipinski definition) is 5. The maximum absolute atomic E-state index is 13.0. The number of rotatable bonds is 5. The third-order valence-corrected chi connectivity index (χ3v) is 5.61. The lowest BCUT2D eigenvalue weighted by atomic mass is 9.94. The van der Waals surface area contributed by atoms with E-state index in [1.54, 1.807) is 30.5 Å². The van der Waals surface area contributed by atoms with Gasteiger partial charge in [-0.2, -0.15) is 0 Å². The van der Waals surface area contributed by atoms with E-state index in [9.17, 15) is 30.2 Å². The van der Waals surface area contributed by atoms with Gasteiger partial charge in [-0.3, -0.25) is 14.8 Å². The van der Waals surface area contributed by atoms with Crippen LogP contribution in [0, 0.1) is 5.21 Å². The summed E-state index contributed by atoms with van der Waals surface area (Å²) in [6, 6.07) is 9.86. The van der Waals surface area contributed by atoms with Crippen molar-refractivity contribution in [2.75, 3.05) is 12.3 Å². The second kappa shape index (κ2) is 7.58. The van der Waals surface area contributed by atoms with Crippen molar-refractivity contribution in [2.45, 2.75) is 24.6 Å². The van der Waals surface area contributed by atoms with Gasteiger partial charge in [0.15, 0.2) is 0 Å². The summed E-state index contributed by atoms with van der Waals surface area (Å²) in [5.41, 5.74) is -0.492. The number of hydrogen-bond acceptors (Lipinski definition) is 7. The molecule has 2 aromatic carbocycles. The summed E-state index contributed by atoms with van der Waals surface area (Å²) >= 11 is 0. The first-order valence-electron chi connectivity index (χ1n) is 9.55. The second-order valence-corrected chi connectivity index (χ2v) is 7.58. The minimum Gasteiger partial charge on any atom is -0.733 e. The van der Waals surface area contributed by atoms with Gasteiger partial charge >= 0.3 is 0 Å². The average molecular weight is 425 g/mol. The molecule has 0 saturated carbocycles. The number of benzene rings is 2. The first kappa shape index (κ1) is 20.7. The molecule has 2 atom stereocenters. The SMILES string of the molecule is CN1C(=O)C(Cc2c[nH]c3cccc(N([O-])O)c23)NC(=O)C1(O)Cc1cccc(O)c1. The lowest BCUT2D eigenvalue weighted by Gasteiger charge is -2.42. The third-order valence-electron chi connectivity index (χ3n) is 5.61. The molecule has 1 aromatic heterocycles. The summed E-state index contributed by atoms with van der Waals surface area (Å²) < 4.78 is 0. The number of amides is 2. The van der Waals surface area contributed by atoms with Crippen molar-refractivity contribution in [2.24, 2.45) is 0 Å². The molecule has 2 unspecified atom stereocenters. The number of fused-ring (bicyclic) bond motifs is 1. The van der Waals surface area contributed by atoms with E-state index in [4.69, 9.17) is 0 Å². The molecule has 31 heavy (non-hydrogen) atoms. The van der Waals surface area contributed by atoms with Crippen molar-refractivity contribution in [1.29, 1.82) is 0 Å². The standard InChI is InChI=1S/C21H21N4O6/c1-24-19(27)16(9-13-11-22-15-6-3-7-17(18(13)15)25(30)31)23-20(28)21(24,29)10-12-4-2-5-14(26)8-12/h2-8,11,16,22,26,29-30H,9-10H2,1H3,(H,23,28)/q-1. The van der Waals surface area contributed by atoms with Gasteiger partial charge in [-0.1, -0.05) is 18.2 Å². The first-order chi connectivity index (χ1) is 14.7. The molecule has 5 N–H and O–H groups in total. The predicted octanol–water partition coefficient (Wildman–Crippen LogP) is 0.997. The number of aliphatic hydroxyl groups is 1. The zero-order chi connectivity index (χ0) is 22.3. The Bertz CT molecular complexity index is 1160. The van der Waals surface area contributed by atoms with Crippen molar-refractivity contribution < 1.29 is 25.0 Å². The van der Waals surface area contributed by atoms with Crippen molar-refractivity contribution in [1.82, 2.24) is 15.2 Å². The Balaban J connectivity index is 1.60. The number of likely N-dealkylation sites (N-methyl/N-ethyl adjacent to an activating group) is 1. The van der Waals surface area contributed by atoms with Gasteiger partial charge in [-0.25, -0.2) is 0 Å². The molecule has 1 aliphatic heterocycles. The number of nitrogens with one attached hydrogen (secondary N) is 2. The lowest BCUT2D eigenvalue weighted by molar-refractivity contribution is -0.181. The number of H-pyrrole nitrogens is 1. The van der Waals surface area contributed by atoms with Crippen molar-refractivity contribution >= 4 is 28.4 Å². The molecule has 4 rings (SSSR count). The van der Waals surface area contributed by atoms with Gasteiger partial charge < -0.3 is 35.8 Å². The Morgan fingerprint density at radius 3 is 2.68 bits per heavy atom. The van der Waals surface area contributed by atoms with Crippen molar-refractivity contribution in [3.8, 4) is 5.75 Å². The molecule has 2 amide bonds. The number of anilines is 1. The van der Waals surface area contributed by atoms with Crippen LogP contribution in [0.5, 0.6) is 5.75 Å². The molecule has 10 nitrogen and oxygen atoms in total. The van der Waals surface area contributed by atoms with Crippen molar-refractivity contribution in [3.05, 3.63) is 65.0 Å². The van der Waals surface area contributed by atoms with Gasteiger partial charge in [-0.15, -0.1) is 0 Å². The van der Waals surface area contributed by atoms with Crippen LogP contribution >= 0.6 is 0 Å². The minimum absolute atomic E-state index is 0.0112. The van der Waals surface area contributed by atoms with Crippen molar-refractivity contribution in [3.63, 3.8) is 0 Å². The molecule has 1 fully saturated rings. The van der Waals surface area contributed by atoms with E-state index in [0.29, 0.717) is 22.0 Å². The van der Waals surface area contributed by atoms with Gasteiger partial charge in [0.05, 0.1) is 5.69 Å². The Hall–Kier alpha value is -3.60. The number of carbonyl (C=O) groups excluding carboxylic acids is 2. The van der Waals surface area contributed by atoms with Crippen LogP contribution in [0.25, 0.3) is 10.9 Å². The Kier molecular flexibility index (Phi) is 5.05. The smallest absolute Gasteiger partial charge is 0.274 e. The highest BCUT2D eigenvalue weighted by Gasteiger charge is 2.50. The molecule has 0 aliphatic carbocycles. The molecule has 0 bridgehead atoms. The largest absolute Gasteiger partial charge is 0.733 e. The van der Waals surface area contributed by atoms with Crippen LogP contribution < -0.4 is 10.5 Å². The van der Waals surface area contributed by atoms with Crippen LogP contribution in [-0.2, 0) is 22.4 Å². The second-order valence-electron chi connectivity index (χ2n) is 7.58. The van der Waals surface area contributed by atoms with Crippen LogP contribution in [-0.4, -0.2) is 55.9 Å². The Labute approximate surface area is 176 Å². The molecule has 3 aromatic rings. The summed E-state index contributed by atoms with van der Waals surface area (Å²) in [7, 11) is 1.34. The number of phenolic OH excluding ortho intramolecular Hbond substituents is 1. The summed E-state index contributed by atoms with van der Waals surface area (Å²) in [6.45, 7) is 0. The van der Waals surface area contributed by atoms with Crippen LogP contribution in [0.1, 0.15) is 11.1 Å². The molecule has 1 aliphatic rings. The van der Waals surface area contributed by atoms with Crippen LogP contribution in [0.15, 0.2) is 48.7 Å². The Morgan fingerprint density at radius 2 is 1.97 bits per heavy atom. The van der Waals surface area contributed by atoms with E-state index in [0.717, 1.165) is 4.90 Å². The minimum atomic E-state index is -2.12. The highest BCUT2D eigenvalue weighted by molar-refractivity contribution is 6.00. The maximum atomic E-state index is 13.0. The van der Waals surface area contributed by atoms with Gasteiger partial charge in [0.25, 0.3) is 5.91 Å². The molecule has 0 radical (unpaired) electrons. The molecule has 10 heteroatoms. The first-order valence-corrected chi connectivity index (χ1v) is 9.55. The van der Waals surface area contributed by atoms with Crippen LogP contribution in [0.3, 0.4) is 0 Å². The summed E-state index contributed by atoms with van der Waals surface area (Å²) in [5.74, 6) is -1.29. The monoisotopic (exact) mass is 425 g/mol. The summed E-state index contributed by atoms with van der Waals surface area (Å²) in [6.07, 6.45) is 1.45. The van der Waals surface area contributed by atoms with Gasteiger partial charge in [0.2, 0.25) is 11.6 Å². The fraction of sp³-hybridized carbons (Fsp3) is 0.238. The van der Waals surface area contributed by atoms with Gasteiger partial charge in [0.1, 0.15) is 11.8 Å². The molecular weight excluding hydrogens is 404 g/mol. The predicted molar refractivity (Wildman–Crippen MR) is 111 cm³/mol. The Morgan fingerprint density at radius 1 is 1.23 bits per heavy atom. The average Bonchev–Trinajstić information content (AvgIpc) is 3.13. The van der Waals surface area contributed by atoms with Gasteiger partial charge in [0, 0.05) is 37.0 Å². The highest BCUT2D eigenvalue weighted by atomic mass is 16.8.